The minimum absolute atomic E-state index is 0. The molecule has 1 aromatic heterocycles. The predicted octanol–water partition coefficient (Wildman–Crippen LogP) is 2.93. The molecule has 2 N–H and O–H groups in total. The quantitative estimate of drug-likeness (QED) is 0.357. The first-order valence-electron chi connectivity index (χ1n) is 8.73. The highest BCUT2D eigenvalue weighted by Gasteiger charge is 2.10. The Bertz CT molecular complexity index is 774. The first kappa shape index (κ1) is 23.1. The van der Waals surface area contributed by atoms with Crippen molar-refractivity contribution in [3.63, 3.8) is 0 Å². The Hall–Kier alpha value is -1.97. The summed E-state index contributed by atoms with van der Waals surface area (Å²) < 4.78 is 12.8. The highest BCUT2D eigenvalue weighted by molar-refractivity contribution is 14.0. The van der Waals surface area contributed by atoms with Crippen LogP contribution < -0.4 is 20.1 Å². The smallest absolute Gasteiger partial charge is 0.191 e. The minimum Gasteiger partial charge on any atom is -0.493 e. The van der Waals surface area contributed by atoms with Gasteiger partial charge in [-0.1, -0.05) is 6.07 Å². The van der Waals surface area contributed by atoms with E-state index in [4.69, 9.17) is 9.47 Å². The molecule has 0 unspecified atom stereocenters. The average molecular weight is 487 g/mol. The summed E-state index contributed by atoms with van der Waals surface area (Å²) >= 11 is 0. The molecule has 0 aliphatic heterocycles. The van der Waals surface area contributed by atoms with Crippen molar-refractivity contribution in [2.45, 2.75) is 33.9 Å². The van der Waals surface area contributed by atoms with Crippen LogP contribution in [0.4, 0.5) is 0 Å². The van der Waals surface area contributed by atoms with Gasteiger partial charge in [0.1, 0.15) is 0 Å². The van der Waals surface area contributed by atoms with Gasteiger partial charge in [-0.25, -0.2) is 0 Å². The number of aryl methyl sites for hydroxylation is 2. The van der Waals surface area contributed by atoms with Gasteiger partial charge in [-0.3, -0.25) is 9.67 Å². The molecule has 0 aliphatic rings. The van der Waals surface area contributed by atoms with Crippen molar-refractivity contribution in [2.75, 3.05) is 20.8 Å². The van der Waals surface area contributed by atoms with Crippen LogP contribution in [0.2, 0.25) is 0 Å². The van der Waals surface area contributed by atoms with Crippen LogP contribution in [0.15, 0.2) is 23.2 Å². The molecule has 2 rings (SSSR count). The van der Waals surface area contributed by atoms with Crippen molar-refractivity contribution in [3.8, 4) is 11.5 Å². The van der Waals surface area contributed by atoms with E-state index in [2.05, 4.69) is 27.6 Å². The monoisotopic (exact) mass is 487 g/mol. The van der Waals surface area contributed by atoms with E-state index in [1.165, 1.54) is 5.56 Å². The van der Waals surface area contributed by atoms with E-state index in [1.807, 2.05) is 43.8 Å². The van der Waals surface area contributed by atoms with Crippen LogP contribution in [0.25, 0.3) is 0 Å². The zero-order valence-corrected chi connectivity index (χ0v) is 19.3. The van der Waals surface area contributed by atoms with E-state index in [0.717, 1.165) is 34.4 Å². The van der Waals surface area contributed by atoms with Crippen LogP contribution >= 0.6 is 24.0 Å². The summed E-state index contributed by atoms with van der Waals surface area (Å²) in [7, 11) is 5.36. The molecular weight excluding hydrogens is 457 g/mol. The van der Waals surface area contributed by atoms with Gasteiger partial charge >= 0.3 is 0 Å². The van der Waals surface area contributed by atoms with Crippen molar-refractivity contribution < 1.29 is 9.47 Å². The zero-order valence-electron chi connectivity index (χ0n) is 16.9. The van der Waals surface area contributed by atoms with Crippen molar-refractivity contribution in [3.05, 3.63) is 40.7 Å². The lowest BCUT2D eigenvalue weighted by atomic mass is 10.2. The van der Waals surface area contributed by atoms with Gasteiger partial charge in [0, 0.05) is 38.4 Å². The van der Waals surface area contributed by atoms with E-state index in [1.54, 1.807) is 14.2 Å². The molecule has 0 spiro atoms. The number of rotatable bonds is 7. The number of nitrogens with one attached hydrogen (secondary N) is 2. The number of methoxy groups -OCH3 is 1. The standard InChI is InChI=1S/C19H29N5O2.HI/c1-7-26-18-10-15(8-9-17(18)25-6)11-21-19(20-4)22-12-16-13(2)23-24(5)14(16)3;/h8-10H,7,11-12H2,1-6H3,(H2,20,21,22);1H. The van der Waals surface area contributed by atoms with Gasteiger partial charge in [0.25, 0.3) is 0 Å². The number of aliphatic imine (C=N–C) groups is 1. The Kier molecular flexibility index (Phi) is 9.40. The fourth-order valence-electron chi connectivity index (χ4n) is 2.75. The van der Waals surface area contributed by atoms with Gasteiger partial charge in [-0.2, -0.15) is 5.10 Å². The molecule has 7 nitrogen and oxygen atoms in total. The van der Waals surface area contributed by atoms with Crippen molar-refractivity contribution >= 4 is 29.9 Å². The molecule has 0 radical (unpaired) electrons. The van der Waals surface area contributed by atoms with E-state index >= 15 is 0 Å². The van der Waals surface area contributed by atoms with E-state index in [-0.39, 0.29) is 24.0 Å². The second kappa shape index (κ2) is 11.0. The molecule has 0 aliphatic carbocycles. The summed E-state index contributed by atoms with van der Waals surface area (Å²) in [5, 5.41) is 11.1. The lowest BCUT2D eigenvalue weighted by Crippen LogP contribution is -2.36. The lowest BCUT2D eigenvalue weighted by Gasteiger charge is -2.14. The number of guanidine groups is 1. The maximum atomic E-state index is 5.63. The second-order valence-corrected chi connectivity index (χ2v) is 5.97. The maximum absolute atomic E-state index is 5.63. The van der Waals surface area contributed by atoms with Gasteiger partial charge in [0.15, 0.2) is 17.5 Å². The molecule has 8 heteroatoms. The van der Waals surface area contributed by atoms with Gasteiger partial charge < -0.3 is 20.1 Å². The van der Waals surface area contributed by atoms with Gasteiger partial charge in [-0.15, -0.1) is 24.0 Å². The van der Waals surface area contributed by atoms with Crippen LogP contribution in [0.1, 0.15) is 29.4 Å². The van der Waals surface area contributed by atoms with E-state index in [9.17, 15) is 0 Å². The third-order valence-electron chi connectivity index (χ3n) is 4.30. The average Bonchev–Trinajstić information content (AvgIpc) is 2.88. The molecule has 0 bridgehead atoms. The number of hydrogen-bond acceptors (Lipinski definition) is 4. The molecular formula is C19H30IN5O2. The summed E-state index contributed by atoms with van der Waals surface area (Å²) in [6.45, 7) is 7.96. The lowest BCUT2D eigenvalue weighted by molar-refractivity contribution is 0.310. The van der Waals surface area contributed by atoms with Crippen LogP contribution in [0, 0.1) is 13.8 Å². The third-order valence-corrected chi connectivity index (χ3v) is 4.30. The topological polar surface area (TPSA) is 72.7 Å². The number of hydrogen-bond donors (Lipinski definition) is 2. The minimum atomic E-state index is 0. The van der Waals surface area contributed by atoms with Crippen LogP contribution in [0.5, 0.6) is 11.5 Å². The summed E-state index contributed by atoms with van der Waals surface area (Å²) in [6, 6.07) is 5.91. The molecule has 150 valence electrons. The van der Waals surface area contributed by atoms with E-state index < -0.39 is 0 Å². The van der Waals surface area contributed by atoms with Crippen LogP contribution in [-0.4, -0.2) is 36.5 Å². The molecule has 0 fully saturated rings. The van der Waals surface area contributed by atoms with Crippen LogP contribution in [-0.2, 0) is 20.1 Å². The Balaban J connectivity index is 0.00000364. The summed E-state index contributed by atoms with van der Waals surface area (Å²) in [5.74, 6) is 2.22. The van der Waals surface area contributed by atoms with E-state index in [0.29, 0.717) is 19.7 Å². The Morgan fingerprint density at radius 2 is 1.89 bits per heavy atom. The van der Waals surface area contributed by atoms with Gasteiger partial charge in [-0.05, 0) is 38.5 Å². The number of ether oxygens (including phenoxy) is 2. The fraction of sp³-hybridized carbons (Fsp3) is 0.474. The van der Waals surface area contributed by atoms with Gasteiger partial charge in [0.05, 0.1) is 19.4 Å². The molecule has 0 atom stereocenters. The highest BCUT2D eigenvalue weighted by atomic mass is 127. The SMILES string of the molecule is CCOc1cc(CNC(=NC)NCc2c(C)nn(C)c2C)ccc1OC.I. The van der Waals surface area contributed by atoms with Crippen molar-refractivity contribution in [1.29, 1.82) is 0 Å². The Morgan fingerprint density at radius 1 is 1.19 bits per heavy atom. The number of halogens is 1. The third kappa shape index (κ3) is 6.02. The summed E-state index contributed by atoms with van der Waals surface area (Å²) in [4.78, 5) is 4.29. The maximum Gasteiger partial charge on any atom is 0.191 e. The van der Waals surface area contributed by atoms with Crippen molar-refractivity contribution in [1.82, 2.24) is 20.4 Å². The van der Waals surface area contributed by atoms with Crippen LogP contribution in [0.3, 0.4) is 0 Å². The first-order valence-corrected chi connectivity index (χ1v) is 8.73. The number of nitrogens with zero attached hydrogens (tertiary/aromatic N) is 3. The summed E-state index contributed by atoms with van der Waals surface area (Å²) in [6.07, 6.45) is 0. The fourth-order valence-corrected chi connectivity index (χ4v) is 2.75. The molecule has 0 saturated heterocycles. The van der Waals surface area contributed by atoms with Gasteiger partial charge in [0.2, 0.25) is 0 Å². The molecule has 1 heterocycles. The molecule has 2 aromatic rings. The zero-order chi connectivity index (χ0) is 19.1. The molecule has 0 saturated carbocycles. The normalized spacial score (nSPS) is 11.0. The second-order valence-electron chi connectivity index (χ2n) is 5.97. The van der Waals surface area contributed by atoms with Crippen molar-refractivity contribution in [2.24, 2.45) is 12.0 Å². The number of benzene rings is 1. The highest BCUT2D eigenvalue weighted by Crippen LogP contribution is 2.27. The molecule has 27 heavy (non-hydrogen) atoms. The Labute approximate surface area is 178 Å². The largest absolute Gasteiger partial charge is 0.493 e. The molecule has 0 amide bonds. The first-order chi connectivity index (χ1) is 12.5. The Morgan fingerprint density at radius 3 is 2.44 bits per heavy atom. The predicted molar refractivity (Wildman–Crippen MR) is 119 cm³/mol. The number of aromatic nitrogens is 2. The summed E-state index contributed by atoms with van der Waals surface area (Å²) in [5.41, 5.74) is 4.47. The molecule has 1 aromatic carbocycles.